The maximum Gasteiger partial charge on any atom is 0.258 e. The van der Waals surface area contributed by atoms with Gasteiger partial charge in [-0.2, -0.15) is 4.98 Å². The Balaban J connectivity index is 1.26. The Labute approximate surface area is 222 Å². The third kappa shape index (κ3) is 7.80. The molecule has 0 unspecified atom stereocenters. The zero-order chi connectivity index (χ0) is 26.4. The highest BCUT2D eigenvalue weighted by Crippen LogP contribution is 2.35. The zero-order valence-electron chi connectivity index (χ0n) is 22.2. The van der Waals surface area contributed by atoms with Crippen molar-refractivity contribution in [2.24, 2.45) is 0 Å². The van der Waals surface area contributed by atoms with Gasteiger partial charge >= 0.3 is 0 Å². The standard InChI is InChI=1S/C26H36N6O4S/c1-17(2)34-21-15-19(5)28-25(35-18(3)4)23(21)29-22(33)16-32-11-9-31(10-12-32)13-14-37-26-30-24-20(36-26)7-6-8-27-24/h6-8,15,17-18H,9-14,16H2,1-5H3,(H,29,33). The topological polar surface area (TPSA) is 106 Å². The molecule has 37 heavy (non-hydrogen) atoms. The van der Waals surface area contributed by atoms with Crippen LogP contribution < -0.4 is 14.8 Å². The summed E-state index contributed by atoms with van der Waals surface area (Å²) in [6, 6.07) is 5.55. The van der Waals surface area contributed by atoms with Crippen molar-refractivity contribution in [3.63, 3.8) is 0 Å². The molecule has 1 amide bonds. The van der Waals surface area contributed by atoms with Crippen LogP contribution >= 0.6 is 11.8 Å². The van der Waals surface area contributed by atoms with Gasteiger partial charge in [-0.3, -0.25) is 14.6 Å². The van der Waals surface area contributed by atoms with Crippen LogP contribution in [0.4, 0.5) is 5.69 Å². The predicted octanol–water partition coefficient (Wildman–Crippen LogP) is 3.85. The molecule has 3 aromatic rings. The van der Waals surface area contributed by atoms with Crippen LogP contribution in [0.15, 0.2) is 34.0 Å². The number of carbonyl (C=O) groups excluding carboxylic acids is 1. The van der Waals surface area contributed by atoms with Gasteiger partial charge < -0.3 is 19.2 Å². The Bertz CT molecular complexity index is 1130. The first-order valence-corrected chi connectivity index (χ1v) is 13.7. The molecule has 200 valence electrons. The van der Waals surface area contributed by atoms with Crippen molar-refractivity contribution in [1.29, 1.82) is 0 Å². The van der Waals surface area contributed by atoms with E-state index >= 15 is 0 Å². The van der Waals surface area contributed by atoms with Crippen molar-refractivity contribution in [3.8, 4) is 11.6 Å². The third-order valence-electron chi connectivity index (χ3n) is 5.66. The number of piperazine rings is 1. The number of hydrogen-bond acceptors (Lipinski definition) is 10. The lowest BCUT2D eigenvalue weighted by atomic mass is 10.2. The third-order valence-corrected chi connectivity index (χ3v) is 6.47. The van der Waals surface area contributed by atoms with E-state index in [2.05, 4.69) is 30.1 Å². The second kappa shape index (κ2) is 12.6. The predicted molar refractivity (Wildman–Crippen MR) is 145 cm³/mol. The molecule has 11 heteroatoms. The van der Waals surface area contributed by atoms with Gasteiger partial charge in [0.25, 0.3) is 5.22 Å². The highest BCUT2D eigenvalue weighted by molar-refractivity contribution is 7.99. The van der Waals surface area contributed by atoms with Crippen molar-refractivity contribution in [1.82, 2.24) is 24.8 Å². The molecule has 0 bridgehead atoms. The minimum atomic E-state index is -0.110. The van der Waals surface area contributed by atoms with Crippen LogP contribution in [0.5, 0.6) is 11.6 Å². The first kappa shape index (κ1) is 27.2. The van der Waals surface area contributed by atoms with Crippen LogP contribution in [0.1, 0.15) is 33.4 Å². The summed E-state index contributed by atoms with van der Waals surface area (Å²) in [6.07, 6.45) is 1.59. The van der Waals surface area contributed by atoms with Crippen LogP contribution in [0, 0.1) is 6.92 Å². The fourth-order valence-corrected chi connectivity index (χ4v) is 4.84. The molecule has 1 saturated heterocycles. The number of fused-ring (bicyclic) bond motifs is 1. The van der Waals surface area contributed by atoms with E-state index in [4.69, 9.17) is 13.9 Å². The van der Waals surface area contributed by atoms with Gasteiger partial charge in [-0.1, -0.05) is 11.8 Å². The summed E-state index contributed by atoms with van der Waals surface area (Å²) >= 11 is 1.60. The average molecular weight is 529 g/mol. The molecule has 0 aromatic carbocycles. The number of aryl methyl sites for hydroxylation is 1. The van der Waals surface area contributed by atoms with E-state index < -0.39 is 0 Å². The number of hydrogen-bond donors (Lipinski definition) is 1. The number of thioether (sulfide) groups is 1. The Hall–Kier alpha value is -2.89. The van der Waals surface area contributed by atoms with E-state index in [0.717, 1.165) is 44.2 Å². The molecule has 1 N–H and O–H groups in total. The van der Waals surface area contributed by atoms with Gasteiger partial charge in [0.2, 0.25) is 11.8 Å². The monoisotopic (exact) mass is 528 g/mol. The molecule has 4 heterocycles. The summed E-state index contributed by atoms with van der Waals surface area (Å²) in [5.41, 5.74) is 2.61. The lowest BCUT2D eigenvalue weighted by Crippen LogP contribution is -2.49. The molecular weight excluding hydrogens is 492 g/mol. The largest absolute Gasteiger partial charge is 0.489 e. The number of amides is 1. The fraction of sp³-hybridized carbons (Fsp3) is 0.538. The van der Waals surface area contributed by atoms with Crippen LogP contribution in [0.3, 0.4) is 0 Å². The number of nitrogens with one attached hydrogen (secondary N) is 1. The van der Waals surface area contributed by atoms with E-state index in [1.54, 1.807) is 18.0 Å². The summed E-state index contributed by atoms with van der Waals surface area (Å²) in [5.74, 6) is 1.73. The molecule has 0 saturated carbocycles. The van der Waals surface area contributed by atoms with E-state index in [1.165, 1.54) is 0 Å². The van der Waals surface area contributed by atoms with Gasteiger partial charge in [-0.15, -0.1) is 0 Å². The molecule has 0 aliphatic carbocycles. The average Bonchev–Trinajstić information content (AvgIpc) is 3.24. The molecule has 0 atom stereocenters. The van der Waals surface area contributed by atoms with Crippen molar-refractivity contribution in [2.75, 3.05) is 50.3 Å². The SMILES string of the molecule is Cc1cc(OC(C)C)c(NC(=O)CN2CCN(CCSc3nc4ncccc4o3)CC2)c(OC(C)C)n1. The van der Waals surface area contributed by atoms with Gasteiger partial charge in [0, 0.05) is 56.4 Å². The summed E-state index contributed by atoms with van der Waals surface area (Å²) in [7, 11) is 0. The molecule has 3 aromatic heterocycles. The quantitative estimate of drug-likeness (QED) is 0.369. The number of anilines is 1. The van der Waals surface area contributed by atoms with Crippen LogP contribution in [-0.4, -0.2) is 87.9 Å². The summed E-state index contributed by atoms with van der Waals surface area (Å²) in [6.45, 7) is 14.3. The molecule has 10 nitrogen and oxygen atoms in total. The minimum Gasteiger partial charge on any atom is -0.489 e. The highest BCUT2D eigenvalue weighted by atomic mass is 32.2. The molecule has 0 radical (unpaired) electrons. The number of aromatic nitrogens is 3. The van der Waals surface area contributed by atoms with Crippen molar-refractivity contribution >= 4 is 34.6 Å². The first-order chi connectivity index (χ1) is 17.8. The van der Waals surface area contributed by atoms with Gasteiger partial charge in [0.1, 0.15) is 5.69 Å². The van der Waals surface area contributed by atoms with E-state index in [0.29, 0.717) is 40.3 Å². The summed E-state index contributed by atoms with van der Waals surface area (Å²) in [5, 5.41) is 3.66. The van der Waals surface area contributed by atoms with Crippen molar-refractivity contribution in [3.05, 3.63) is 30.1 Å². The summed E-state index contributed by atoms with van der Waals surface area (Å²) < 4.78 is 17.6. The normalized spacial score (nSPS) is 15.0. The lowest BCUT2D eigenvalue weighted by molar-refractivity contribution is -0.117. The van der Waals surface area contributed by atoms with Gasteiger partial charge in [-0.25, -0.2) is 9.97 Å². The number of rotatable bonds is 11. The molecule has 1 aliphatic rings. The van der Waals surface area contributed by atoms with Crippen molar-refractivity contribution < 1.29 is 18.7 Å². The van der Waals surface area contributed by atoms with Crippen molar-refractivity contribution in [2.45, 2.75) is 52.0 Å². The van der Waals surface area contributed by atoms with Crippen LogP contribution in [-0.2, 0) is 4.79 Å². The lowest BCUT2D eigenvalue weighted by Gasteiger charge is -2.34. The number of nitrogens with zero attached hydrogens (tertiary/aromatic N) is 5. The Morgan fingerprint density at radius 2 is 1.84 bits per heavy atom. The highest BCUT2D eigenvalue weighted by Gasteiger charge is 2.23. The maximum absolute atomic E-state index is 13.0. The molecule has 0 spiro atoms. The van der Waals surface area contributed by atoms with E-state index in [-0.39, 0.29) is 18.1 Å². The second-order valence-electron chi connectivity index (χ2n) is 9.59. The smallest absolute Gasteiger partial charge is 0.258 e. The van der Waals surface area contributed by atoms with Gasteiger partial charge in [0.05, 0.1) is 18.8 Å². The zero-order valence-corrected chi connectivity index (χ0v) is 23.0. The van der Waals surface area contributed by atoms with Crippen LogP contribution in [0.2, 0.25) is 0 Å². The Morgan fingerprint density at radius 1 is 1.11 bits per heavy atom. The first-order valence-electron chi connectivity index (χ1n) is 12.7. The van der Waals surface area contributed by atoms with E-state index in [1.807, 2.05) is 52.8 Å². The Morgan fingerprint density at radius 3 is 2.54 bits per heavy atom. The number of carbonyl (C=O) groups is 1. The maximum atomic E-state index is 13.0. The molecule has 1 fully saturated rings. The summed E-state index contributed by atoms with van der Waals surface area (Å²) in [4.78, 5) is 30.7. The molecular formula is C26H36N6O4S. The number of oxazole rings is 1. The molecule has 4 rings (SSSR count). The number of ether oxygens (including phenoxy) is 2. The fourth-order valence-electron chi connectivity index (χ4n) is 4.01. The van der Waals surface area contributed by atoms with Crippen LogP contribution in [0.25, 0.3) is 11.2 Å². The van der Waals surface area contributed by atoms with E-state index in [9.17, 15) is 4.79 Å². The minimum absolute atomic E-state index is 0.0464. The second-order valence-corrected chi connectivity index (χ2v) is 10.6. The number of pyridine rings is 2. The molecule has 1 aliphatic heterocycles. The van der Waals surface area contributed by atoms with Gasteiger partial charge in [-0.05, 0) is 46.8 Å². The Kier molecular flexibility index (Phi) is 9.23. The van der Waals surface area contributed by atoms with Gasteiger partial charge in [0.15, 0.2) is 17.0 Å².